The van der Waals surface area contributed by atoms with Crippen molar-refractivity contribution in [3.63, 3.8) is 0 Å². The molecule has 4 heteroatoms. The number of carbonyl (C=O) groups excluding carboxylic acids is 1. The van der Waals surface area contributed by atoms with Crippen molar-refractivity contribution < 1.29 is 14.3 Å². The molecule has 1 aromatic rings. The predicted octanol–water partition coefficient (Wildman–Crippen LogP) is 2.31. The van der Waals surface area contributed by atoms with E-state index in [4.69, 9.17) is 9.47 Å². The minimum absolute atomic E-state index is 0.0532. The van der Waals surface area contributed by atoms with Crippen molar-refractivity contribution in [2.24, 2.45) is 5.92 Å². The van der Waals surface area contributed by atoms with Crippen LogP contribution in [0.3, 0.4) is 0 Å². The Morgan fingerprint density at radius 2 is 2.30 bits per heavy atom. The molecule has 1 aromatic carbocycles. The largest absolute Gasteiger partial charge is 0.493 e. The van der Waals surface area contributed by atoms with Crippen LogP contribution in [0.15, 0.2) is 24.3 Å². The first-order valence-electron chi connectivity index (χ1n) is 7.28. The van der Waals surface area contributed by atoms with Gasteiger partial charge in [0.25, 0.3) is 0 Å². The molecule has 1 aliphatic heterocycles. The number of hydrogen-bond donors (Lipinski definition) is 1. The van der Waals surface area contributed by atoms with Gasteiger partial charge < -0.3 is 14.8 Å². The molecule has 0 aliphatic carbocycles. The van der Waals surface area contributed by atoms with Crippen LogP contribution in [0.25, 0.3) is 0 Å². The summed E-state index contributed by atoms with van der Waals surface area (Å²) in [5.41, 5.74) is 1.09. The van der Waals surface area contributed by atoms with Crippen LogP contribution in [0.2, 0.25) is 0 Å². The van der Waals surface area contributed by atoms with E-state index in [2.05, 4.69) is 5.32 Å². The number of carbonyl (C=O) groups is 1. The van der Waals surface area contributed by atoms with E-state index in [0.717, 1.165) is 43.9 Å². The van der Waals surface area contributed by atoms with Crippen LogP contribution in [-0.4, -0.2) is 32.3 Å². The summed E-state index contributed by atoms with van der Waals surface area (Å²) in [7, 11) is 0. The molecule has 1 N–H and O–H groups in total. The van der Waals surface area contributed by atoms with Gasteiger partial charge in [0.2, 0.25) is 5.91 Å². The molecular weight excluding hydrogens is 254 g/mol. The lowest BCUT2D eigenvalue weighted by Gasteiger charge is -2.10. The van der Waals surface area contributed by atoms with E-state index in [-0.39, 0.29) is 5.91 Å². The first-order valence-corrected chi connectivity index (χ1v) is 7.28. The summed E-state index contributed by atoms with van der Waals surface area (Å²) in [5.74, 6) is 1.51. The number of nitrogens with one attached hydrogen (secondary N) is 1. The van der Waals surface area contributed by atoms with Gasteiger partial charge in [0.05, 0.1) is 13.0 Å². The fourth-order valence-electron chi connectivity index (χ4n) is 2.29. The fraction of sp³-hybridized carbons (Fsp3) is 0.562. The average molecular weight is 277 g/mol. The lowest BCUT2D eigenvalue weighted by atomic mass is 10.1. The van der Waals surface area contributed by atoms with Crippen LogP contribution in [-0.2, 0) is 9.53 Å². The first kappa shape index (κ1) is 14.9. The number of amides is 1. The number of hydrogen-bond acceptors (Lipinski definition) is 3. The molecule has 1 amide bonds. The van der Waals surface area contributed by atoms with Crippen molar-refractivity contribution >= 4 is 5.91 Å². The SMILES string of the molecule is Cc1ccccc1OCCC(=O)NCC[C@@H]1CCOC1. The van der Waals surface area contributed by atoms with E-state index >= 15 is 0 Å². The molecule has 1 atom stereocenters. The van der Waals surface area contributed by atoms with Crippen molar-refractivity contribution in [2.45, 2.75) is 26.2 Å². The highest BCUT2D eigenvalue weighted by atomic mass is 16.5. The highest BCUT2D eigenvalue weighted by molar-refractivity contribution is 5.75. The van der Waals surface area contributed by atoms with E-state index in [1.165, 1.54) is 0 Å². The van der Waals surface area contributed by atoms with E-state index in [0.29, 0.717) is 18.9 Å². The van der Waals surface area contributed by atoms with Gasteiger partial charge in [0.15, 0.2) is 0 Å². The summed E-state index contributed by atoms with van der Waals surface area (Å²) in [6.45, 7) is 4.86. The average Bonchev–Trinajstić information content (AvgIpc) is 2.94. The standard InChI is InChI=1S/C16H23NO3/c1-13-4-2-3-5-15(13)20-11-8-16(18)17-9-6-14-7-10-19-12-14/h2-5,14H,6-12H2,1H3,(H,17,18)/t14-/m1/s1. The minimum atomic E-state index is 0.0532. The van der Waals surface area contributed by atoms with E-state index < -0.39 is 0 Å². The van der Waals surface area contributed by atoms with Crippen molar-refractivity contribution in [3.8, 4) is 5.75 Å². The Morgan fingerprint density at radius 1 is 1.45 bits per heavy atom. The molecule has 20 heavy (non-hydrogen) atoms. The van der Waals surface area contributed by atoms with Crippen molar-refractivity contribution in [2.75, 3.05) is 26.4 Å². The zero-order valence-electron chi connectivity index (χ0n) is 12.1. The lowest BCUT2D eigenvalue weighted by Crippen LogP contribution is -2.27. The Morgan fingerprint density at radius 3 is 3.05 bits per heavy atom. The second-order valence-corrected chi connectivity index (χ2v) is 5.23. The van der Waals surface area contributed by atoms with Gasteiger partial charge in [-0.15, -0.1) is 0 Å². The van der Waals surface area contributed by atoms with Gasteiger partial charge in [-0.3, -0.25) is 4.79 Å². The van der Waals surface area contributed by atoms with E-state index in [1.54, 1.807) is 0 Å². The summed E-state index contributed by atoms with van der Waals surface area (Å²) < 4.78 is 10.9. The third kappa shape index (κ3) is 4.85. The van der Waals surface area contributed by atoms with E-state index in [1.807, 2.05) is 31.2 Å². The molecule has 110 valence electrons. The maximum Gasteiger partial charge on any atom is 0.223 e. The molecule has 1 heterocycles. The Hall–Kier alpha value is -1.55. The van der Waals surface area contributed by atoms with E-state index in [9.17, 15) is 4.79 Å². The summed E-state index contributed by atoms with van der Waals surface area (Å²) in [5, 5.41) is 2.94. The maximum atomic E-state index is 11.7. The molecule has 0 saturated carbocycles. The minimum Gasteiger partial charge on any atom is -0.493 e. The van der Waals surface area contributed by atoms with Crippen LogP contribution in [0, 0.1) is 12.8 Å². The van der Waals surface area contributed by atoms with Gasteiger partial charge >= 0.3 is 0 Å². The molecular formula is C16H23NO3. The first-order chi connectivity index (χ1) is 9.75. The highest BCUT2D eigenvalue weighted by Gasteiger charge is 2.15. The zero-order chi connectivity index (χ0) is 14.2. The molecule has 2 rings (SSSR count). The second-order valence-electron chi connectivity index (χ2n) is 5.23. The van der Waals surface area contributed by atoms with Crippen molar-refractivity contribution in [1.29, 1.82) is 0 Å². The van der Waals surface area contributed by atoms with Crippen LogP contribution in [0.4, 0.5) is 0 Å². The van der Waals surface area contributed by atoms with Gasteiger partial charge in [-0.05, 0) is 37.3 Å². The molecule has 4 nitrogen and oxygen atoms in total. The summed E-state index contributed by atoms with van der Waals surface area (Å²) in [6.07, 6.45) is 2.52. The van der Waals surface area contributed by atoms with Crippen LogP contribution in [0.5, 0.6) is 5.75 Å². The fourth-order valence-corrected chi connectivity index (χ4v) is 2.29. The third-order valence-corrected chi connectivity index (χ3v) is 3.58. The molecule has 0 spiro atoms. The Bertz CT molecular complexity index is 427. The number of rotatable bonds is 7. The van der Waals surface area contributed by atoms with Crippen molar-refractivity contribution in [3.05, 3.63) is 29.8 Å². The van der Waals surface area contributed by atoms with Crippen molar-refractivity contribution in [1.82, 2.24) is 5.32 Å². The van der Waals surface area contributed by atoms with Gasteiger partial charge in [0.1, 0.15) is 5.75 Å². The Labute approximate surface area is 120 Å². The molecule has 0 bridgehead atoms. The molecule has 1 saturated heterocycles. The topological polar surface area (TPSA) is 47.6 Å². The molecule has 0 unspecified atom stereocenters. The summed E-state index contributed by atoms with van der Waals surface area (Å²) in [6, 6.07) is 7.83. The highest BCUT2D eigenvalue weighted by Crippen LogP contribution is 2.16. The molecule has 0 aromatic heterocycles. The maximum absolute atomic E-state index is 11.7. The Balaban J connectivity index is 1.57. The smallest absolute Gasteiger partial charge is 0.223 e. The lowest BCUT2D eigenvalue weighted by molar-refractivity contribution is -0.121. The van der Waals surface area contributed by atoms with Gasteiger partial charge in [0, 0.05) is 19.8 Å². The predicted molar refractivity (Wildman–Crippen MR) is 77.8 cm³/mol. The molecule has 1 fully saturated rings. The van der Waals surface area contributed by atoms with Gasteiger partial charge in [-0.2, -0.15) is 0 Å². The third-order valence-electron chi connectivity index (χ3n) is 3.58. The van der Waals surface area contributed by atoms with Gasteiger partial charge in [-0.1, -0.05) is 18.2 Å². The number of para-hydroxylation sites is 1. The zero-order valence-corrected chi connectivity index (χ0v) is 12.1. The van der Waals surface area contributed by atoms with Crippen LogP contribution < -0.4 is 10.1 Å². The van der Waals surface area contributed by atoms with Gasteiger partial charge in [-0.25, -0.2) is 0 Å². The Kier molecular flexibility index (Phi) is 5.87. The molecule has 0 radical (unpaired) electrons. The summed E-state index contributed by atoms with van der Waals surface area (Å²) in [4.78, 5) is 11.7. The number of benzene rings is 1. The monoisotopic (exact) mass is 277 g/mol. The number of ether oxygens (including phenoxy) is 2. The van der Waals surface area contributed by atoms with Crippen LogP contribution >= 0.6 is 0 Å². The van der Waals surface area contributed by atoms with Crippen LogP contribution in [0.1, 0.15) is 24.8 Å². The quantitative estimate of drug-likeness (QED) is 0.832. The molecule has 1 aliphatic rings. The second kappa shape index (κ2) is 7.90. The number of aryl methyl sites for hydroxylation is 1. The normalized spacial score (nSPS) is 17.9. The summed E-state index contributed by atoms with van der Waals surface area (Å²) >= 11 is 0.